The molecule has 0 aromatic heterocycles. The number of aliphatic imine (C=N–C) groups is 1. The number of hydrogen-bond acceptors (Lipinski definition) is 3. The molecule has 152 valence electrons. The number of ether oxygens (including phenoxy) is 1. The summed E-state index contributed by atoms with van der Waals surface area (Å²) in [4.78, 5) is 7.30. The Balaban J connectivity index is 0.00000261. The van der Waals surface area contributed by atoms with E-state index in [0.717, 1.165) is 69.8 Å². The molecule has 1 aromatic carbocycles. The first-order chi connectivity index (χ1) is 12.6. The van der Waals surface area contributed by atoms with E-state index in [2.05, 4.69) is 41.5 Å². The van der Waals surface area contributed by atoms with Gasteiger partial charge in [-0.25, -0.2) is 0 Å². The van der Waals surface area contributed by atoms with Gasteiger partial charge in [-0.05, 0) is 37.5 Å². The van der Waals surface area contributed by atoms with Gasteiger partial charge in [-0.15, -0.1) is 24.0 Å². The van der Waals surface area contributed by atoms with Gasteiger partial charge in [0, 0.05) is 42.7 Å². The minimum absolute atomic E-state index is 0. The maximum absolute atomic E-state index is 5.97. The van der Waals surface area contributed by atoms with Gasteiger partial charge in [0.2, 0.25) is 0 Å². The summed E-state index contributed by atoms with van der Waals surface area (Å²) < 4.78 is 5.32. The molecule has 0 spiro atoms. The van der Waals surface area contributed by atoms with Crippen LogP contribution in [0.1, 0.15) is 32.3 Å². The molecule has 2 aliphatic rings. The first-order valence-corrected chi connectivity index (χ1v) is 10.0. The maximum atomic E-state index is 5.97. The summed E-state index contributed by atoms with van der Waals surface area (Å²) in [6.07, 6.45) is 2.27. The Kier molecular flexibility index (Phi) is 9.11. The molecule has 0 atom stereocenters. The fourth-order valence-corrected chi connectivity index (χ4v) is 3.53. The summed E-state index contributed by atoms with van der Waals surface area (Å²) in [5.41, 5.74) is 1.54. The van der Waals surface area contributed by atoms with Crippen molar-refractivity contribution < 1.29 is 4.74 Å². The summed E-state index contributed by atoms with van der Waals surface area (Å²) in [7, 11) is 0. The fourth-order valence-electron chi connectivity index (χ4n) is 3.41. The monoisotopic (exact) mass is 506 g/mol. The van der Waals surface area contributed by atoms with E-state index in [-0.39, 0.29) is 29.4 Å². The van der Waals surface area contributed by atoms with Crippen LogP contribution in [0.5, 0.6) is 0 Å². The normalized spacial score (nSPS) is 20.5. The van der Waals surface area contributed by atoms with Crippen molar-refractivity contribution in [1.29, 1.82) is 0 Å². The van der Waals surface area contributed by atoms with Crippen molar-refractivity contribution in [2.75, 3.05) is 39.4 Å². The van der Waals surface area contributed by atoms with Crippen molar-refractivity contribution in [2.24, 2.45) is 10.4 Å². The van der Waals surface area contributed by atoms with Crippen molar-refractivity contribution in [3.05, 3.63) is 34.9 Å². The predicted molar refractivity (Wildman–Crippen MR) is 123 cm³/mol. The molecule has 0 amide bonds. The van der Waals surface area contributed by atoms with Gasteiger partial charge >= 0.3 is 0 Å². The van der Waals surface area contributed by atoms with Crippen LogP contribution in [0, 0.1) is 5.41 Å². The van der Waals surface area contributed by atoms with Crippen LogP contribution >= 0.6 is 35.6 Å². The van der Waals surface area contributed by atoms with Crippen LogP contribution in [0.3, 0.4) is 0 Å². The van der Waals surface area contributed by atoms with Crippen molar-refractivity contribution in [2.45, 2.75) is 39.3 Å². The minimum Gasteiger partial charge on any atom is -0.380 e. The molecule has 27 heavy (non-hydrogen) atoms. The van der Waals surface area contributed by atoms with E-state index in [0.29, 0.717) is 6.04 Å². The number of guanidine groups is 1. The van der Waals surface area contributed by atoms with Crippen LogP contribution in [0.4, 0.5) is 0 Å². The standard InChI is InChI=1S/C20H31ClN4O.HI/c1-3-22-19(23-13-20(2)14-26-15-20)24-18-8-10-25(11-9-18)12-16-4-6-17(21)7-5-16;/h4-7,18H,3,8-15H2,1-2H3,(H2,22,23,24);1H. The molecule has 0 bridgehead atoms. The molecule has 0 radical (unpaired) electrons. The van der Waals surface area contributed by atoms with E-state index in [9.17, 15) is 0 Å². The molecule has 2 fully saturated rings. The molecule has 0 saturated carbocycles. The van der Waals surface area contributed by atoms with Crippen LogP contribution in [0.25, 0.3) is 0 Å². The SMILES string of the molecule is CCNC(=NCC1(C)COC1)NC1CCN(Cc2ccc(Cl)cc2)CC1.I. The second kappa shape index (κ2) is 10.8. The van der Waals surface area contributed by atoms with Gasteiger partial charge < -0.3 is 15.4 Å². The molecular formula is C20H32ClIN4O. The van der Waals surface area contributed by atoms with Crippen LogP contribution in [0.15, 0.2) is 29.3 Å². The summed E-state index contributed by atoms with van der Waals surface area (Å²) in [5.74, 6) is 0.941. The average Bonchev–Trinajstić information content (AvgIpc) is 2.62. The highest BCUT2D eigenvalue weighted by Gasteiger charge is 2.33. The Bertz CT molecular complexity index is 599. The third-order valence-electron chi connectivity index (χ3n) is 5.11. The Morgan fingerprint density at radius 3 is 2.48 bits per heavy atom. The molecule has 3 rings (SSSR count). The lowest BCUT2D eigenvalue weighted by Gasteiger charge is -2.37. The second-order valence-electron chi connectivity index (χ2n) is 7.82. The molecule has 0 unspecified atom stereocenters. The summed E-state index contributed by atoms with van der Waals surface area (Å²) >= 11 is 5.97. The van der Waals surface area contributed by atoms with Crippen LogP contribution in [0.2, 0.25) is 5.02 Å². The highest BCUT2D eigenvalue weighted by atomic mass is 127. The van der Waals surface area contributed by atoms with E-state index in [1.165, 1.54) is 5.56 Å². The lowest BCUT2D eigenvalue weighted by molar-refractivity contribution is -0.0945. The summed E-state index contributed by atoms with van der Waals surface area (Å²) in [5, 5.41) is 7.80. The van der Waals surface area contributed by atoms with Gasteiger partial charge in [-0.2, -0.15) is 0 Å². The Morgan fingerprint density at radius 2 is 1.93 bits per heavy atom. The van der Waals surface area contributed by atoms with Crippen molar-refractivity contribution in [3.63, 3.8) is 0 Å². The van der Waals surface area contributed by atoms with Gasteiger partial charge in [0.05, 0.1) is 19.8 Å². The quantitative estimate of drug-likeness (QED) is 0.352. The predicted octanol–water partition coefficient (Wildman–Crippen LogP) is 3.51. The Hall–Kier alpha value is -0.570. The molecule has 5 nitrogen and oxygen atoms in total. The third kappa shape index (κ3) is 7.07. The van der Waals surface area contributed by atoms with Crippen LogP contribution in [-0.2, 0) is 11.3 Å². The number of nitrogens with zero attached hydrogens (tertiary/aromatic N) is 2. The zero-order valence-corrected chi connectivity index (χ0v) is 19.4. The Labute approximate surface area is 185 Å². The smallest absolute Gasteiger partial charge is 0.191 e. The lowest BCUT2D eigenvalue weighted by Crippen LogP contribution is -2.49. The number of piperidine rings is 1. The van der Waals surface area contributed by atoms with Crippen molar-refractivity contribution in [1.82, 2.24) is 15.5 Å². The van der Waals surface area contributed by atoms with Crippen LogP contribution in [-0.4, -0.2) is 56.3 Å². The van der Waals surface area contributed by atoms with E-state index >= 15 is 0 Å². The third-order valence-corrected chi connectivity index (χ3v) is 5.36. The van der Waals surface area contributed by atoms with E-state index in [4.69, 9.17) is 21.3 Å². The zero-order valence-electron chi connectivity index (χ0n) is 16.3. The maximum Gasteiger partial charge on any atom is 0.191 e. The van der Waals surface area contributed by atoms with Gasteiger partial charge in [0.1, 0.15) is 0 Å². The first kappa shape index (κ1) is 22.7. The second-order valence-corrected chi connectivity index (χ2v) is 8.26. The lowest BCUT2D eigenvalue weighted by atomic mass is 9.89. The van der Waals surface area contributed by atoms with Crippen LogP contribution < -0.4 is 10.6 Å². The first-order valence-electron chi connectivity index (χ1n) is 9.66. The van der Waals surface area contributed by atoms with E-state index < -0.39 is 0 Å². The number of halogens is 2. The van der Waals surface area contributed by atoms with E-state index in [1.54, 1.807) is 0 Å². The fraction of sp³-hybridized carbons (Fsp3) is 0.650. The Morgan fingerprint density at radius 1 is 1.26 bits per heavy atom. The molecular weight excluding hydrogens is 475 g/mol. The van der Waals surface area contributed by atoms with Gasteiger partial charge in [-0.1, -0.05) is 30.7 Å². The molecule has 0 aliphatic carbocycles. The van der Waals surface area contributed by atoms with Crippen molar-refractivity contribution >= 4 is 41.5 Å². The molecule has 2 heterocycles. The summed E-state index contributed by atoms with van der Waals surface area (Å²) in [6, 6.07) is 8.66. The zero-order chi connectivity index (χ0) is 18.4. The number of likely N-dealkylation sites (tertiary alicyclic amines) is 1. The molecule has 2 aliphatic heterocycles. The molecule has 1 aromatic rings. The topological polar surface area (TPSA) is 48.9 Å². The highest BCUT2D eigenvalue weighted by Crippen LogP contribution is 2.26. The number of rotatable bonds is 6. The number of benzene rings is 1. The molecule has 2 saturated heterocycles. The van der Waals surface area contributed by atoms with E-state index in [1.807, 2.05) is 12.1 Å². The molecule has 7 heteroatoms. The minimum atomic E-state index is 0. The van der Waals surface area contributed by atoms with Gasteiger partial charge in [-0.3, -0.25) is 9.89 Å². The average molecular weight is 507 g/mol. The highest BCUT2D eigenvalue weighted by molar-refractivity contribution is 14.0. The molecule has 2 N–H and O–H groups in total. The van der Waals surface area contributed by atoms with Crippen molar-refractivity contribution in [3.8, 4) is 0 Å². The number of hydrogen-bond donors (Lipinski definition) is 2. The largest absolute Gasteiger partial charge is 0.380 e. The number of nitrogens with one attached hydrogen (secondary N) is 2. The van der Waals surface area contributed by atoms with Gasteiger partial charge in [0.25, 0.3) is 0 Å². The van der Waals surface area contributed by atoms with Gasteiger partial charge in [0.15, 0.2) is 5.96 Å². The summed E-state index contributed by atoms with van der Waals surface area (Å²) in [6.45, 7) is 10.9.